The molecule has 1 aliphatic heterocycles. The molecule has 3 aromatic rings. The van der Waals surface area contributed by atoms with Gasteiger partial charge in [-0.05, 0) is 66.5 Å². The molecule has 2 bridgehead atoms. The van der Waals surface area contributed by atoms with Crippen molar-refractivity contribution in [1.29, 1.82) is 0 Å². The number of aromatic nitrogens is 2. The van der Waals surface area contributed by atoms with E-state index in [0.717, 1.165) is 19.3 Å². The Balaban J connectivity index is 1.30. The zero-order valence-corrected chi connectivity index (χ0v) is 21.4. The molecule has 184 valence electrons. The van der Waals surface area contributed by atoms with Crippen LogP contribution in [0.2, 0.25) is 5.02 Å². The molecule has 1 N–H and O–H groups in total. The Morgan fingerprint density at radius 1 is 1.09 bits per heavy atom. The summed E-state index contributed by atoms with van der Waals surface area (Å²) in [6.45, 7) is 7.12. The minimum absolute atomic E-state index is 0.00145. The van der Waals surface area contributed by atoms with Gasteiger partial charge in [-0.1, -0.05) is 49.6 Å². The molecule has 2 heterocycles. The SMILES string of the molecule is CC1(C)CC2CC(C)(CN2S(=O)(=O)c2ccc(C(=O)Nc3nnc(-c4ccccc4Cl)o3)cc2)C1. The average molecular weight is 515 g/mol. The minimum atomic E-state index is -3.67. The maximum absolute atomic E-state index is 13.4. The summed E-state index contributed by atoms with van der Waals surface area (Å²) in [5.74, 6) is -0.311. The van der Waals surface area contributed by atoms with Crippen molar-refractivity contribution in [2.45, 2.75) is 51.0 Å². The number of halogens is 1. The van der Waals surface area contributed by atoms with Crippen molar-refractivity contribution in [2.75, 3.05) is 11.9 Å². The summed E-state index contributed by atoms with van der Waals surface area (Å²) in [7, 11) is -3.67. The molecule has 2 atom stereocenters. The summed E-state index contributed by atoms with van der Waals surface area (Å²) in [4.78, 5) is 12.9. The largest absolute Gasteiger partial charge is 0.403 e. The van der Waals surface area contributed by atoms with Crippen molar-refractivity contribution in [3.05, 3.63) is 59.1 Å². The molecule has 35 heavy (non-hydrogen) atoms. The number of fused-ring (bicyclic) bond motifs is 2. The number of hydrogen-bond acceptors (Lipinski definition) is 6. The van der Waals surface area contributed by atoms with E-state index >= 15 is 0 Å². The van der Waals surface area contributed by atoms with E-state index in [2.05, 4.69) is 36.3 Å². The molecule has 2 unspecified atom stereocenters. The van der Waals surface area contributed by atoms with E-state index in [0.29, 0.717) is 17.1 Å². The Bertz CT molecular complexity index is 1390. The lowest BCUT2D eigenvalue weighted by molar-refractivity contribution is 0.102. The van der Waals surface area contributed by atoms with Gasteiger partial charge in [-0.2, -0.15) is 4.31 Å². The van der Waals surface area contributed by atoms with Crippen molar-refractivity contribution >= 4 is 33.5 Å². The zero-order chi connectivity index (χ0) is 25.0. The van der Waals surface area contributed by atoms with Gasteiger partial charge in [0.05, 0.1) is 15.5 Å². The Kier molecular flexibility index (Phi) is 5.77. The van der Waals surface area contributed by atoms with Crippen molar-refractivity contribution in [2.24, 2.45) is 10.8 Å². The van der Waals surface area contributed by atoms with Crippen molar-refractivity contribution in [3.63, 3.8) is 0 Å². The number of sulfonamides is 1. The van der Waals surface area contributed by atoms with Gasteiger partial charge < -0.3 is 4.42 Å². The summed E-state index contributed by atoms with van der Waals surface area (Å²) >= 11 is 6.15. The van der Waals surface area contributed by atoms with Crippen LogP contribution in [0.5, 0.6) is 0 Å². The first-order chi connectivity index (χ1) is 16.5. The first kappa shape index (κ1) is 24.0. The van der Waals surface area contributed by atoms with Crippen molar-refractivity contribution in [1.82, 2.24) is 14.5 Å². The third-order valence-electron chi connectivity index (χ3n) is 6.84. The Morgan fingerprint density at radius 2 is 1.80 bits per heavy atom. The van der Waals surface area contributed by atoms with Crippen LogP contribution in [0, 0.1) is 10.8 Å². The number of nitrogens with zero attached hydrogens (tertiary/aromatic N) is 3. The lowest BCUT2D eigenvalue weighted by Crippen LogP contribution is -2.37. The van der Waals surface area contributed by atoms with Crippen LogP contribution < -0.4 is 5.32 Å². The van der Waals surface area contributed by atoms with Gasteiger partial charge in [-0.15, -0.1) is 5.10 Å². The van der Waals surface area contributed by atoms with Crippen LogP contribution in [-0.2, 0) is 10.0 Å². The van der Waals surface area contributed by atoms with Crippen LogP contribution in [0.15, 0.2) is 57.8 Å². The van der Waals surface area contributed by atoms with Gasteiger partial charge in [-0.3, -0.25) is 10.1 Å². The normalized spacial score (nSPS) is 23.8. The molecule has 1 saturated heterocycles. The monoisotopic (exact) mass is 514 g/mol. The standard InChI is InChI=1S/C25H27ClN4O4S/c1-24(2)12-17-13-25(3,14-24)15-30(17)35(32,33)18-10-8-16(9-11-18)21(31)27-23-29-28-22(34-23)19-6-4-5-7-20(19)26/h4-11,17H,12-15H2,1-3H3,(H,27,29,31). The minimum Gasteiger partial charge on any atom is -0.403 e. The lowest BCUT2D eigenvalue weighted by Gasteiger charge is -2.39. The first-order valence-electron chi connectivity index (χ1n) is 11.5. The number of rotatable bonds is 5. The first-order valence-corrected chi connectivity index (χ1v) is 13.3. The van der Waals surface area contributed by atoms with Crippen LogP contribution in [0.1, 0.15) is 50.4 Å². The van der Waals surface area contributed by atoms with Crippen molar-refractivity contribution < 1.29 is 17.6 Å². The van der Waals surface area contributed by atoms with Gasteiger partial charge >= 0.3 is 6.01 Å². The molecule has 2 aromatic carbocycles. The molecule has 0 radical (unpaired) electrons. The third-order valence-corrected chi connectivity index (χ3v) is 9.08. The maximum atomic E-state index is 13.4. The molecule has 1 amide bonds. The van der Waals surface area contributed by atoms with E-state index in [9.17, 15) is 13.2 Å². The van der Waals surface area contributed by atoms with E-state index in [1.165, 1.54) is 24.3 Å². The quantitative estimate of drug-likeness (QED) is 0.499. The molecule has 10 heteroatoms. The average Bonchev–Trinajstić information content (AvgIpc) is 3.35. The Morgan fingerprint density at radius 3 is 2.51 bits per heavy atom. The summed E-state index contributed by atoms with van der Waals surface area (Å²) in [5.41, 5.74) is 0.936. The summed E-state index contributed by atoms with van der Waals surface area (Å²) in [6, 6.07) is 12.8. The smallest absolute Gasteiger partial charge is 0.322 e. The zero-order valence-electron chi connectivity index (χ0n) is 19.8. The molecular weight excluding hydrogens is 488 g/mol. The second-order valence-electron chi connectivity index (χ2n) is 10.6. The van der Waals surface area contributed by atoms with E-state index in [1.807, 2.05) is 0 Å². The van der Waals surface area contributed by atoms with Gasteiger partial charge in [0.1, 0.15) is 0 Å². The number of hydrogen-bond donors (Lipinski definition) is 1. The number of carbonyl (C=O) groups excluding carboxylic acids is 1. The highest BCUT2D eigenvalue weighted by atomic mass is 35.5. The van der Waals surface area contributed by atoms with Gasteiger partial charge in [0.2, 0.25) is 10.0 Å². The predicted molar refractivity (Wildman–Crippen MR) is 133 cm³/mol. The fourth-order valence-corrected chi connectivity index (χ4v) is 7.78. The number of benzene rings is 2. The molecule has 1 aromatic heterocycles. The maximum Gasteiger partial charge on any atom is 0.322 e. The molecule has 2 aliphatic rings. The van der Waals surface area contributed by atoms with E-state index in [4.69, 9.17) is 16.0 Å². The highest BCUT2D eigenvalue weighted by molar-refractivity contribution is 7.89. The molecular formula is C25H27ClN4O4S. The molecule has 0 spiro atoms. The Hall–Kier alpha value is -2.75. The van der Waals surface area contributed by atoms with Crippen LogP contribution in [0.25, 0.3) is 11.5 Å². The second kappa shape index (κ2) is 8.43. The predicted octanol–water partition coefficient (Wildman–Crippen LogP) is 5.23. The highest BCUT2D eigenvalue weighted by Crippen LogP contribution is 2.53. The molecule has 5 rings (SSSR count). The summed E-state index contributed by atoms with van der Waals surface area (Å²) < 4.78 is 34.1. The summed E-state index contributed by atoms with van der Waals surface area (Å²) in [5, 5.41) is 10.8. The van der Waals surface area contributed by atoms with E-state index in [1.54, 1.807) is 28.6 Å². The van der Waals surface area contributed by atoms with Gasteiger partial charge in [0.25, 0.3) is 11.8 Å². The van der Waals surface area contributed by atoms with Gasteiger partial charge in [-0.25, -0.2) is 8.42 Å². The number of anilines is 1. The fourth-order valence-electron chi connectivity index (χ4n) is 5.79. The fraction of sp³-hybridized carbons (Fsp3) is 0.400. The van der Waals surface area contributed by atoms with Crippen LogP contribution >= 0.6 is 11.6 Å². The molecule has 8 nitrogen and oxygen atoms in total. The second-order valence-corrected chi connectivity index (χ2v) is 12.9. The van der Waals surface area contributed by atoms with Gasteiger partial charge in [0.15, 0.2) is 0 Å². The lowest BCUT2D eigenvalue weighted by atomic mass is 9.65. The van der Waals surface area contributed by atoms with Crippen molar-refractivity contribution in [3.8, 4) is 11.5 Å². The summed E-state index contributed by atoms with van der Waals surface area (Å²) in [6.07, 6.45) is 2.74. The van der Waals surface area contributed by atoms with E-state index < -0.39 is 15.9 Å². The topological polar surface area (TPSA) is 105 Å². The number of amides is 1. The van der Waals surface area contributed by atoms with Gasteiger partial charge in [0, 0.05) is 18.2 Å². The third kappa shape index (κ3) is 4.60. The molecule has 1 saturated carbocycles. The van der Waals surface area contributed by atoms with E-state index in [-0.39, 0.29) is 39.2 Å². The number of carbonyl (C=O) groups is 1. The highest BCUT2D eigenvalue weighted by Gasteiger charge is 2.53. The van der Waals surface area contributed by atoms with Crippen LogP contribution in [-0.4, -0.2) is 41.4 Å². The number of nitrogens with one attached hydrogen (secondary N) is 1. The Labute approximate surface area is 209 Å². The molecule has 2 fully saturated rings. The van der Waals surface area contributed by atoms with Crippen LogP contribution in [0.4, 0.5) is 6.01 Å². The van der Waals surface area contributed by atoms with Crippen LogP contribution in [0.3, 0.4) is 0 Å². The molecule has 1 aliphatic carbocycles.